The molecule has 2 heterocycles. The summed E-state index contributed by atoms with van der Waals surface area (Å²) in [5.74, 6) is 0. The van der Waals surface area contributed by atoms with Gasteiger partial charge in [-0.3, -0.25) is 0 Å². The van der Waals surface area contributed by atoms with Crippen LogP contribution in [0.2, 0.25) is 0 Å². The van der Waals surface area contributed by atoms with E-state index in [4.69, 9.17) is 8.83 Å². The van der Waals surface area contributed by atoms with Crippen LogP contribution in [-0.4, -0.2) is 0 Å². The molecule has 0 spiro atoms. The average Bonchev–Trinajstić information content (AvgIpc) is 3.96. The summed E-state index contributed by atoms with van der Waals surface area (Å²) in [4.78, 5) is 2.43. The molecule has 2 aromatic heterocycles. The van der Waals surface area contributed by atoms with E-state index in [1.54, 1.807) is 0 Å². The molecule has 1 aliphatic carbocycles. The number of nitrogens with zero attached hydrogens (tertiary/aromatic N) is 1. The summed E-state index contributed by atoms with van der Waals surface area (Å²) in [6, 6.07) is 76.3. The summed E-state index contributed by atoms with van der Waals surface area (Å²) >= 11 is 0. The Kier molecular flexibility index (Phi) is 7.14. The van der Waals surface area contributed by atoms with E-state index < -0.39 is 5.41 Å². The topological polar surface area (TPSA) is 29.5 Å². The first-order valence-corrected chi connectivity index (χ1v) is 19.8. The predicted molar refractivity (Wildman–Crippen MR) is 238 cm³/mol. The minimum absolute atomic E-state index is 0.505. The van der Waals surface area contributed by atoms with E-state index in [0.29, 0.717) is 0 Å². The smallest absolute Gasteiger partial charge is 0.147 e. The van der Waals surface area contributed by atoms with Crippen molar-refractivity contribution in [2.45, 2.75) is 5.41 Å². The fraction of sp³-hybridized carbons (Fsp3) is 0.0182. The van der Waals surface area contributed by atoms with Crippen molar-refractivity contribution in [3.05, 3.63) is 235 Å². The van der Waals surface area contributed by atoms with Crippen molar-refractivity contribution < 1.29 is 8.83 Å². The fourth-order valence-corrected chi connectivity index (χ4v) is 9.80. The van der Waals surface area contributed by atoms with Crippen molar-refractivity contribution >= 4 is 60.9 Å². The summed E-state index contributed by atoms with van der Waals surface area (Å²) in [5, 5.41) is 4.24. The number of hydrogen-bond donors (Lipinski definition) is 0. The van der Waals surface area contributed by atoms with Gasteiger partial charge in [-0.2, -0.15) is 0 Å². The molecule has 3 heteroatoms. The first kappa shape index (κ1) is 32.6. The van der Waals surface area contributed by atoms with Gasteiger partial charge in [-0.05, 0) is 93.5 Å². The number of rotatable bonds is 6. The third-order valence-corrected chi connectivity index (χ3v) is 12.1. The van der Waals surface area contributed by atoms with Crippen LogP contribution in [0.1, 0.15) is 22.3 Å². The first-order chi connectivity index (χ1) is 28.8. The SMILES string of the molecule is c1ccc(N(c2cccc(-c3cccc4oc5ccc6c7ccccc7oc6c5c34)c2)c2cccc3c2-c2ccccc2C3(c2ccccc2)c2ccccc2)cc1. The third kappa shape index (κ3) is 4.62. The second-order valence-corrected chi connectivity index (χ2v) is 15.1. The molecule has 58 heavy (non-hydrogen) atoms. The van der Waals surface area contributed by atoms with Crippen molar-refractivity contribution in [3.8, 4) is 22.3 Å². The highest BCUT2D eigenvalue weighted by Gasteiger charge is 2.47. The van der Waals surface area contributed by atoms with Crippen LogP contribution in [0.5, 0.6) is 0 Å². The van der Waals surface area contributed by atoms with Crippen LogP contribution in [0.15, 0.2) is 221 Å². The Morgan fingerprint density at radius 2 is 0.983 bits per heavy atom. The van der Waals surface area contributed by atoms with E-state index >= 15 is 0 Å². The van der Waals surface area contributed by atoms with Gasteiger partial charge in [-0.25, -0.2) is 0 Å². The lowest BCUT2D eigenvalue weighted by molar-refractivity contribution is 0.663. The fourth-order valence-electron chi connectivity index (χ4n) is 9.80. The third-order valence-electron chi connectivity index (χ3n) is 12.1. The Hall–Kier alpha value is -7.62. The standard InChI is InChI=1S/C55H35NO2/c1-4-18-37(19-5-1)55(38-20-6-2-7-21-38)45-28-12-10-26-44(45)51-46(55)29-16-30-47(51)56(39-22-8-3-9-23-39)40-24-14-17-36(35-40)41-27-15-32-49-52(41)53-50(57-49)34-33-43-42-25-11-13-31-48(42)58-54(43)53/h1-35H. The molecular formula is C55H35NO2. The summed E-state index contributed by atoms with van der Waals surface area (Å²) in [6.45, 7) is 0. The van der Waals surface area contributed by atoms with Gasteiger partial charge in [-0.1, -0.05) is 158 Å². The lowest BCUT2D eigenvalue weighted by atomic mass is 9.68. The first-order valence-electron chi connectivity index (χ1n) is 19.8. The lowest BCUT2D eigenvalue weighted by Crippen LogP contribution is -2.28. The maximum atomic E-state index is 6.58. The van der Waals surface area contributed by atoms with Gasteiger partial charge in [0.05, 0.1) is 16.5 Å². The van der Waals surface area contributed by atoms with Crippen LogP contribution in [0.3, 0.4) is 0 Å². The van der Waals surface area contributed by atoms with Crippen molar-refractivity contribution in [2.24, 2.45) is 0 Å². The molecule has 0 radical (unpaired) electrons. The molecule has 0 amide bonds. The number of para-hydroxylation sites is 2. The van der Waals surface area contributed by atoms with Crippen molar-refractivity contribution in [1.82, 2.24) is 0 Å². The van der Waals surface area contributed by atoms with E-state index in [9.17, 15) is 0 Å². The molecule has 12 rings (SSSR count). The molecular weight excluding hydrogens is 707 g/mol. The van der Waals surface area contributed by atoms with Gasteiger partial charge in [0.1, 0.15) is 22.3 Å². The Morgan fingerprint density at radius 3 is 1.79 bits per heavy atom. The van der Waals surface area contributed by atoms with Crippen LogP contribution in [0, 0.1) is 0 Å². The Labute approximate surface area is 335 Å². The Morgan fingerprint density at radius 1 is 0.379 bits per heavy atom. The van der Waals surface area contributed by atoms with Crippen LogP contribution in [-0.2, 0) is 5.41 Å². The molecule has 11 aromatic rings. The lowest BCUT2D eigenvalue weighted by Gasteiger charge is -2.34. The highest BCUT2D eigenvalue weighted by atomic mass is 16.3. The number of fused-ring (bicyclic) bond motifs is 10. The minimum atomic E-state index is -0.505. The minimum Gasteiger partial charge on any atom is -0.456 e. The van der Waals surface area contributed by atoms with Crippen molar-refractivity contribution in [2.75, 3.05) is 4.90 Å². The normalized spacial score (nSPS) is 13.0. The van der Waals surface area contributed by atoms with Gasteiger partial charge in [-0.15, -0.1) is 0 Å². The summed E-state index contributed by atoms with van der Waals surface area (Å²) in [6.07, 6.45) is 0. The average molecular weight is 742 g/mol. The molecule has 272 valence electrons. The van der Waals surface area contributed by atoms with E-state index in [1.165, 1.54) is 33.4 Å². The predicted octanol–water partition coefficient (Wildman–Crippen LogP) is 15.0. The molecule has 0 saturated heterocycles. The van der Waals surface area contributed by atoms with Crippen molar-refractivity contribution in [3.63, 3.8) is 0 Å². The number of hydrogen-bond acceptors (Lipinski definition) is 3. The van der Waals surface area contributed by atoms with Crippen LogP contribution in [0.4, 0.5) is 17.1 Å². The second-order valence-electron chi connectivity index (χ2n) is 15.1. The second kappa shape index (κ2) is 12.7. The maximum absolute atomic E-state index is 6.58. The monoisotopic (exact) mass is 741 g/mol. The Balaban J connectivity index is 1.11. The van der Waals surface area contributed by atoms with Gasteiger partial charge >= 0.3 is 0 Å². The molecule has 1 aliphatic rings. The van der Waals surface area contributed by atoms with Gasteiger partial charge in [0.25, 0.3) is 0 Å². The van der Waals surface area contributed by atoms with Crippen LogP contribution >= 0.6 is 0 Å². The molecule has 0 saturated carbocycles. The molecule has 0 unspecified atom stereocenters. The molecule has 3 nitrogen and oxygen atoms in total. The number of anilines is 3. The highest BCUT2D eigenvalue weighted by Crippen LogP contribution is 2.59. The van der Waals surface area contributed by atoms with E-state index in [0.717, 1.165) is 72.1 Å². The van der Waals surface area contributed by atoms with Crippen LogP contribution in [0.25, 0.3) is 66.1 Å². The van der Waals surface area contributed by atoms with Gasteiger partial charge in [0.15, 0.2) is 0 Å². The zero-order valence-electron chi connectivity index (χ0n) is 31.5. The molecule has 0 N–H and O–H groups in total. The zero-order valence-corrected chi connectivity index (χ0v) is 31.5. The summed E-state index contributed by atoms with van der Waals surface area (Å²) in [5.41, 5.74) is 15.8. The van der Waals surface area contributed by atoms with Gasteiger partial charge in [0, 0.05) is 33.1 Å². The number of benzene rings is 9. The quantitative estimate of drug-likeness (QED) is 0.170. The molecule has 0 atom stereocenters. The largest absolute Gasteiger partial charge is 0.456 e. The molecule has 9 aromatic carbocycles. The van der Waals surface area contributed by atoms with E-state index in [1.807, 2.05) is 12.1 Å². The Bertz CT molecular complexity index is 3300. The molecule has 0 aliphatic heterocycles. The molecule has 0 fully saturated rings. The summed E-state index contributed by atoms with van der Waals surface area (Å²) in [7, 11) is 0. The van der Waals surface area contributed by atoms with Crippen molar-refractivity contribution in [1.29, 1.82) is 0 Å². The number of furan rings is 2. The molecule has 0 bridgehead atoms. The van der Waals surface area contributed by atoms with Crippen LogP contribution < -0.4 is 4.90 Å². The van der Waals surface area contributed by atoms with Gasteiger partial charge in [0.2, 0.25) is 0 Å². The highest BCUT2D eigenvalue weighted by molar-refractivity contribution is 6.24. The van der Waals surface area contributed by atoms with Gasteiger partial charge < -0.3 is 13.7 Å². The summed E-state index contributed by atoms with van der Waals surface area (Å²) < 4.78 is 13.1. The van der Waals surface area contributed by atoms with E-state index in [-0.39, 0.29) is 0 Å². The van der Waals surface area contributed by atoms with E-state index in [2.05, 4.69) is 205 Å². The maximum Gasteiger partial charge on any atom is 0.147 e. The zero-order chi connectivity index (χ0) is 38.2.